The number of thiazole rings is 1. The first-order chi connectivity index (χ1) is 41.5. The molecule has 2 aliphatic carbocycles. The number of hydrogen-bond acceptors (Lipinski definition) is 26. The van der Waals surface area contributed by atoms with Crippen LogP contribution in [-0.2, 0) is 68.5 Å². The lowest BCUT2D eigenvalue weighted by molar-refractivity contribution is -0.384. The lowest BCUT2D eigenvalue weighted by Gasteiger charge is -2.26. The molecule has 5 aromatic rings. The van der Waals surface area contributed by atoms with Crippen LogP contribution in [0.4, 0.5) is 16.5 Å². The van der Waals surface area contributed by atoms with E-state index in [1.807, 2.05) is 0 Å². The molecule has 0 atom stereocenters. The zero-order chi connectivity index (χ0) is 61.5. The number of nitrogens with zero attached hydrogens (tertiary/aromatic N) is 4. The molecule has 2 fully saturated rings. The molecule has 86 heavy (non-hydrogen) atoms. The van der Waals surface area contributed by atoms with E-state index in [1.54, 1.807) is 12.1 Å². The average Bonchev–Trinajstić information content (AvgIpc) is 3.90. The molecule has 0 bridgehead atoms. The number of hydrogen-bond donors (Lipinski definition) is 0. The van der Waals surface area contributed by atoms with Crippen LogP contribution in [0.5, 0.6) is 40.2 Å². The molecule has 26 nitrogen and oxygen atoms in total. The van der Waals surface area contributed by atoms with Gasteiger partial charge in [-0.1, -0.05) is 43.7 Å². The van der Waals surface area contributed by atoms with Crippen LogP contribution in [0.1, 0.15) is 56.9 Å². The van der Waals surface area contributed by atoms with Crippen LogP contribution in [0, 0.1) is 33.8 Å². The summed E-state index contributed by atoms with van der Waals surface area (Å²) >= 11 is 1.13. The highest BCUT2D eigenvalue weighted by atomic mass is 32.1. The molecule has 450 valence electrons. The van der Waals surface area contributed by atoms with Crippen molar-refractivity contribution in [3.8, 4) is 40.2 Å². The number of non-ortho nitro benzene ring substituents is 1. The zero-order valence-corrected chi connectivity index (χ0v) is 46.8. The molecule has 0 saturated heterocycles. The fraction of sp³-hybridized carbons (Fsp3) is 0.305. The van der Waals surface area contributed by atoms with E-state index < -0.39 is 104 Å². The zero-order valence-electron chi connectivity index (χ0n) is 46.0. The summed E-state index contributed by atoms with van der Waals surface area (Å²) in [6, 6.07) is 17.0. The van der Waals surface area contributed by atoms with E-state index in [9.17, 15) is 48.5 Å². The monoisotopic (exact) mass is 1200 g/mol. The number of carbonyl (C=O) groups is 8. The fourth-order valence-electron chi connectivity index (χ4n) is 8.60. The van der Waals surface area contributed by atoms with Crippen molar-refractivity contribution >= 4 is 85.8 Å². The van der Waals surface area contributed by atoms with E-state index in [1.165, 1.54) is 60.7 Å². The topological polar surface area (TPSA) is 328 Å². The molecule has 0 radical (unpaired) electrons. The van der Waals surface area contributed by atoms with Gasteiger partial charge in [0.25, 0.3) is 5.69 Å². The number of nitro benzene ring substituents is 1. The van der Waals surface area contributed by atoms with Crippen LogP contribution in [-0.4, -0.2) is 91.4 Å². The van der Waals surface area contributed by atoms with Crippen molar-refractivity contribution in [2.75, 3.05) is 33.8 Å². The summed E-state index contributed by atoms with van der Waals surface area (Å²) in [4.78, 5) is 115. The Morgan fingerprint density at radius 1 is 0.512 bits per heavy atom. The summed E-state index contributed by atoms with van der Waals surface area (Å²) in [5.41, 5.74) is 1.13. The van der Waals surface area contributed by atoms with Crippen LogP contribution in [0.3, 0.4) is 0 Å². The molecule has 27 heteroatoms. The molecule has 0 spiro atoms. The van der Waals surface area contributed by atoms with Gasteiger partial charge >= 0.3 is 47.8 Å². The van der Waals surface area contributed by atoms with E-state index in [4.69, 9.17) is 56.8 Å². The Morgan fingerprint density at radius 2 is 0.919 bits per heavy atom. The molecule has 0 unspecified atom stereocenters. The van der Waals surface area contributed by atoms with Crippen molar-refractivity contribution < 1.29 is 100 Å². The average molecular weight is 1210 g/mol. The predicted octanol–water partition coefficient (Wildman–Crippen LogP) is 9.70. The molecule has 0 aliphatic heterocycles. The van der Waals surface area contributed by atoms with Gasteiger partial charge in [0.2, 0.25) is 32.3 Å². The van der Waals surface area contributed by atoms with Crippen molar-refractivity contribution in [1.29, 1.82) is 0 Å². The summed E-state index contributed by atoms with van der Waals surface area (Å²) < 4.78 is 65.1. The van der Waals surface area contributed by atoms with Gasteiger partial charge in [-0.25, -0.2) is 24.2 Å². The van der Waals surface area contributed by atoms with Crippen molar-refractivity contribution in [3.05, 3.63) is 139 Å². The van der Waals surface area contributed by atoms with Gasteiger partial charge in [0.05, 0.1) is 45.6 Å². The second-order valence-electron chi connectivity index (χ2n) is 18.6. The number of benzene rings is 4. The third kappa shape index (κ3) is 18.3. The van der Waals surface area contributed by atoms with Crippen LogP contribution >= 0.6 is 11.3 Å². The maximum absolute atomic E-state index is 13.8. The molecule has 1 heterocycles. The molecule has 1 aromatic heterocycles. The molecule has 0 amide bonds. The first kappa shape index (κ1) is 63.3. The fourth-order valence-corrected chi connectivity index (χ4v) is 9.54. The Labute approximate surface area is 494 Å². The van der Waals surface area contributed by atoms with Crippen LogP contribution < -0.4 is 33.2 Å². The number of aromatic nitrogens is 1. The van der Waals surface area contributed by atoms with Gasteiger partial charge in [-0.05, 0) is 99.4 Å². The summed E-state index contributed by atoms with van der Waals surface area (Å²) in [5, 5.41) is 19.8. The van der Waals surface area contributed by atoms with Gasteiger partial charge in [-0.2, -0.15) is 0 Å². The summed E-state index contributed by atoms with van der Waals surface area (Å²) in [7, 11) is 0. The van der Waals surface area contributed by atoms with Gasteiger partial charge in [0.15, 0.2) is 28.7 Å². The van der Waals surface area contributed by atoms with Crippen molar-refractivity contribution in [3.63, 3.8) is 0 Å². The lowest BCUT2D eigenvalue weighted by Crippen LogP contribution is -2.30. The number of ether oxygens (including phenoxy) is 12. The smallest absolute Gasteiger partial charge is 0.333 e. The van der Waals surface area contributed by atoms with Gasteiger partial charge in [-0.15, -0.1) is 10.2 Å². The number of fused-ring (bicyclic) bond motifs is 1. The standard InChI is InChI=1S/C59H56N4O22S/c1-5-49(64)79-31-75-44-25-22-42(29-47(44)77-33-81-51(66)7-3)83-56(69)37-11-9-36(10-12-37)55(68)74-28-27-35-17-24-46(53-54(35)86-59(60-53)62-61-40-18-20-41(21-19-40)63(72)73)85-58(71)39-15-13-38(14-16-39)57(70)84-43-23-26-45(76-32-80-50(65)6-2)48(30-43)78-34-82-52(67)8-4/h5-8,17-26,29-30,36-39H,1-4,9-16,27-28,31-34H2. The molecule has 0 N–H and O–H groups in total. The molecule has 7 rings (SSSR count). The maximum Gasteiger partial charge on any atom is 0.333 e. The highest BCUT2D eigenvalue weighted by Crippen LogP contribution is 2.40. The molecule has 4 aromatic carbocycles. The quantitative estimate of drug-likeness (QED) is 0.00628. The maximum atomic E-state index is 13.8. The lowest BCUT2D eigenvalue weighted by atomic mass is 9.82. The Kier molecular flexibility index (Phi) is 23.1. The summed E-state index contributed by atoms with van der Waals surface area (Å²) in [6.45, 7) is 11.1. The minimum Gasteiger partial charge on any atom is -0.465 e. The number of azo groups is 1. The van der Waals surface area contributed by atoms with Gasteiger partial charge in [0.1, 0.15) is 17.0 Å². The normalized spacial score (nSPS) is 16.2. The number of carbonyl (C=O) groups excluding carboxylic acids is 8. The number of rotatable bonds is 29. The third-order valence-corrected chi connectivity index (χ3v) is 14.1. The van der Waals surface area contributed by atoms with Crippen LogP contribution in [0.25, 0.3) is 10.2 Å². The molecular formula is C59H56N4O22S. The van der Waals surface area contributed by atoms with Crippen molar-refractivity contribution in [2.45, 2.75) is 57.8 Å². The number of esters is 8. The highest BCUT2D eigenvalue weighted by molar-refractivity contribution is 7.22. The minimum atomic E-state index is -0.757. The number of nitro groups is 1. The molecule has 2 saturated carbocycles. The third-order valence-electron chi connectivity index (χ3n) is 13.1. The van der Waals surface area contributed by atoms with Crippen LogP contribution in [0.2, 0.25) is 0 Å². The molecular weight excluding hydrogens is 1150 g/mol. The predicted molar refractivity (Wildman–Crippen MR) is 299 cm³/mol. The first-order valence-electron chi connectivity index (χ1n) is 26.4. The summed E-state index contributed by atoms with van der Waals surface area (Å²) in [6.07, 6.45) is 6.46. The van der Waals surface area contributed by atoms with Gasteiger partial charge < -0.3 is 56.8 Å². The van der Waals surface area contributed by atoms with Crippen molar-refractivity contribution in [2.24, 2.45) is 33.9 Å². The van der Waals surface area contributed by atoms with E-state index in [0.717, 1.165) is 35.6 Å². The SMILES string of the molecule is C=CC(=O)OCOc1ccc(OC(=O)C2CCC(C(=O)OCCc3ccc(OC(=O)C4CCC(C(=O)Oc5ccc(OCOC(=O)C=C)c(OCOC(=O)C=C)c5)CC4)c4nc(N=Nc5ccc([N+](=O)[O-])cc5)sc34)CC2)cc1OCOC(=O)C=C. The van der Waals surface area contributed by atoms with Crippen LogP contribution in [0.15, 0.2) is 134 Å². The van der Waals surface area contributed by atoms with E-state index in [0.29, 0.717) is 41.6 Å². The second kappa shape index (κ2) is 31.4. The van der Waals surface area contributed by atoms with E-state index in [-0.39, 0.29) is 95.3 Å². The Hall–Kier alpha value is -10.3. The Bertz CT molecular complexity index is 3400. The Balaban J connectivity index is 0.946. The Morgan fingerprint density at radius 3 is 1.35 bits per heavy atom. The van der Waals surface area contributed by atoms with Crippen molar-refractivity contribution in [1.82, 2.24) is 4.98 Å². The van der Waals surface area contributed by atoms with E-state index >= 15 is 0 Å². The van der Waals surface area contributed by atoms with E-state index in [2.05, 4.69) is 41.5 Å². The first-order valence-corrected chi connectivity index (χ1v) is 27.2. The largest absolute Gasteiger partial charge is 0.465 e. The highest BCUT2D eigenvalue weighted by Gasteiger charge is 2.34. The second-order valence-corrected chi connectivity index (χ2v) is 19.6. The van der Waals surface area contributed by atoms with Gasteiger partial charge in [0, 0.05) is 55.0 Å². The summed E-state index contributed by atoms with van der Waals surface area (Å²) in [5.74, 6) is -6.93. The minimum absolute atomic E-state index is 0.00373. The van der Waals surface area contributed by atoms with Gasteiger partial charge in [-0.3, -0.25) is 29.3 Å². The molecule has 2 aliphatic rings.